The number of halogens is 1. The Hall–Kier alpha value is -1.06. The number of aromatic nitrogens is 2. The Labute approximate surface area is 112 Å². The number of hydrogen-bond donors (Lipinski definition) is 1. The van der Waals surface area contributed by atoms with E-state index in [1.165, 1.54) is 19.3 Å². The molecule has 1 aliphatic heterocycles. The molecule has 0 bridgehead atoms. The fourth-order valence-corrected chi connectivity index (χ4v) is 2.72. The van der Waals surface area contributed by atoms with E-state index >= 15 is 0 Å². The maximum Gasteiger partial charge on any atom is 0.107 e. The average Bonchev–Trinajstić information content (AvgIpc) is 2.82. The quantitative estimate of drug-likeness (QED) is 0.918. The minimum Gasteiger partial charge on any atom is -0.378 e. The Morgan fingerprint density at radius 1 is 1.39 bits per heavy atom. The van der Waals surface area contributed by atoms with Gasteiger partial charge >= 0.3 is 0 Å². The fraction of sp³-hybridized carbons (Fsp3) is 0.500. The van der Waals surface area contributed by atoms with Crippen molar-refractivity contribution in [2.75, 3.05) is 6.61 Å². The number of nitrogens with one attached hydrogen (secondary N) is 1. The van der Waals surface area contributed by atoms with Gasteiger partial charge in [0.15, 0.2) is 0 Å². The number of aryl methyl sites for hydroxylation is 1. The van der Waals surface area contributed by atoms with Gasteiger partial charge in [0.05, 0.1) is 16.6 Å². The Morgan fingerprint density at radius 2 is 2.33 bits per heavy atom. The van der Waals surface area contributed by atoms with Crippen molar-refractivity contribution in [3.63, 3.8) is 0 Å². The van der Waals surface area contributed by atoms with Crippen LogP contribution in [-0.4, -0.2) is 22.7 Å². The number of ether oxygens (including phenoxy) is 1. The molecule has 18 heavy (non-hydrogen) atoms. The van der Waals surface area contributed by atoms with Gasteiger partial charge in [-0.2, -0.15) is 0 Å². The number of H-pyrrole nitrogens is 1. The Balaban J connectivity index is 1.69. The van der Waals surface area contributed by atoms with Crippen molar-refractivity contribution in [2.24, 2.45) is 0 Å². The molecule has 0 spiro atoms. The predicted octanol–water partition coefficient (Wildman–Crippen LogP) is 3.72. The van der Waals surface area contributed by atoms with E-state index in [4.69, 9.17) is 16.3 Å². The lowest BCUT2D eigenvalue weighted by molar-refractivity contribution is 0.0112. The van der Waals surface area contributed by atoms with Gasteiger partial charge < -0.3 is 9.72 Å². The van der Waals surface area contributed by atoms with Gasteiger partial charge in [-0.3, -0.25) is 0 Å². The summed E-state index contributed by atoms with van der Waals surface area (Å²) in [5, 5.41) is 0.712. The number of rotatable bonds is 3. The highest BCUT2D eigenvalue weighted by Gasteiger charge is 2.14. The minimum absolute atomic E-state index is 0.405. The third-order valence-corrected chi connectivity index (χ3v) is 3.79. The number of benzene rings is 1. The van der Waals surface area contributed by atoms with E-state index < -0.39 is 0 Å². The second-order valence-corrected chi connectivity index (χ2v) is 5.25. The van der Waals surface area contributed by atoms with Crippen LogP contribution in [0, 0.1) is 0 Å². The van der Waals surface area contributed by atoms with Crippen LogP contribution in [0.2, 0.25) is 5.02 Å². The highest BCUT2D eigenvalue weighted by molar-refractivity contribution is 6.34. The van der Waals surface area contributed by atoms with Crippen molar-refractivity contribution < 1.29 is 4.74 Å². The number of para-hydroxylation sites is 1. The van der Waals surface area contributed by atoms with Gasteiger partial charge in [-0.05, 0) is 37.8 Å². The summed E-state index contributed by atoms with van der Waals surface area (Å²) in [4.78, 5) is 7.88. The van der Waals surface area contributed by atoms with Gasteiger partial charge in [-0.25, -0.2) is 4.98 Å². The molecule has 0 aliphatic carbocycles. The summed E-state index contributed by atoms with van der Waals surface area (Å²) in [6.45, 7) is 0.913. The normalized spacial score (nSPS) is 20.4. The molecule has 4 heteroatoms. The molecule has 1 aromatic heterocycles. The summed E-state index contributed by atoms with van der Waals surface area (Å²) in [6.07, 6.45) is 6.05. The second-order valence-electron chi connectivity index (χ2n) is 4.85. The Bertz CT molecular complexity index is 532. The maximum atomic E-state index is 6.11. The molecule has 3 nitrogen and oxygen atoms in total. The number of imidazole rings is 1. The molecule has 1 atom stereocenters. The molecule has 96 valence electrons. The summed E-state index contributed by atoms with van der Waals surface area (Å²) in [5.41, 5.74) is 1.89. The first kappa shape index (κ1) is 12.0. The van der Waals surface area contributed by atoms with E-state index in [1.54, 1.807) is 0 Å². The monoisotopic (exact) mass is 264 g/mol. The van der Waals surface area contributed by atoms with Crippen LogP contribution in [0.25, 0.3) is 11.0 Å². The minimum atomic E-state index is 0.405. The molecule has 2 aromatic rings. The van der Waals surface area contributed by atoms with Crippen molar-refractivity contribution >= 4 is 22.6 Å². The van der Waals surface area contributed by atoms with Gasteiger partial charge in [0.25, 0.3) is 0 Å². The molecule has 0 amide bonds. The first-order valence-corrected chi connectivity index (χ1v) is 6.95. The molecule has 1 fully saturated rings. The molecule has 2 heterocycles. The third kappa shape index (κ3) is 2.52. The highest BCUT2D eigenvalue weighted by atomic mass is 35.5. The van der Waals surface area contributed by atoms with Crippen molar-refractivity contribution in [1.29, 1.82) is 0 Å². The summed E-state index contributed by atoms with van der Waals surface area (Å²) in [6, 6.07) is 5.82. The van der Waals surface area contributed by atoms with E-state index in [2.05, 4.69) is 9.97 Å². The van der Waals surface area contributed by atoms with Crippen LogP contribution in [0.5, 0.6) is 0 Å². The molecule has 3 rings (SSSR count). The molecular weight excluding hydrogens is 248 g/mol. The van der Waals surface area contributed by atoms with E-state index in [0.29, 0.717) is 11.1 Å². The molecule has 1 aromatic carbocycles. The number of aromatic amines is 1. The lowest BCUT2D eigenvalue weighted by Gasteiger charge is -2.21. The number of nitrogens with zero attached hydrogens (tertiary/aromatic N) is 1. The van der Waals surface area contributed by atoms with E-state index in [1.807, 2.05) is 18.2 Å². The lowest BCUT2D eigenvalue weighted by Crippen LogP contribution is -2.19. The van der Waals surface area contributed by atoms with E-state index in [9.17, 15) is 0 Å². The van der Waals surface area contributed by atoms with Crippen molar-refractivity contribution in [3.05, 3.63) is 29.0 Å². The lowest BCUT2D eigenvalue weighted by atomic mass is 10.0. The number of hydrogen-bond acceptors (Lipinski definition) is 2. The molecule has 1 N–H and O–H groups in total. The second kappa shape index (κ2) is 5.29. The summed E-state index contributed by atoms with van der Waals surface area (Å²) < 4.78 is 5.73. The van der Waals surface area contributed by atoms with Crippen molar-refractivity contribution in [2.45, 2.75) is 38.2 Å². The first-order valence-electron chi connectivity index (χ1n) is 6.57. The van der Waals surface area contributed by atoms with Crippen LogP contribution < -0.4 is 0 Å². The highest BCUT2D eigenvalue weighted by Crippen LogP contribution is 2.22. The van der Waals surface area contributed by atoms with Gasteiger partial charge in [-0.15, -0.1) is 0 Å². The SMILES string of the molecule is Clc1cccc2[nH]c(CCC3CCCCO3)nc12. The summed E-state index contributed by atoms with van der Waals surface area (Å²) in [5.74, 6) is 1.01. The van der Waals surface area contributed by atoms with Crippen LogP contribution in [0.3, 0.4) is 0 Å². The fourth-order valence-electron chi connectivity index (χ4n) is 2.50. The average molecular weight is 265 g/mol. The van der Waals surface area contributed by atoms with Crippen LogP contribution in [0.4, 0.5) is 0 Å². The van der Waals surface area contributed by atoms with Gasteiger partial charge in [-0.1, -0.05) is 17.7 Å². The van der Waals surface area contributed by atoms with E-state index in [0.717, 1.165) is 36.3 Å². The van der Waals surface area contributed by atoms with Gasteiger partial charge in [0, 0.05) is 13.0 Å². The maximum absolute atomic E-state index is 6.11. The molecule has 1 unspecified atom stereocenters. The van der Waals surface area contributed by atoms with Gasteiger partial charge in [0.2, 0.25) is 0 Å². The van der Waals surface area contributed by atoms with Crippen molar-refractivity contribution in [3.8, 4) is 0 Å². The standard InChI is InChI=1S/C14H17ClN2O/c15-11-5-3-6-12-14(11)17-13(16-12)8-7-10-4-1-2-9-18-10/h3,5-6,10H,1-2,4,7-9H2,(H,16,17). The van der Waals surface area contributed by atoms with Gasteiger partial charge in [0.1, 0.15) is 11.3 Å². The van der Waals surface area contributed by atoms with Crippen LogP contribution >= 0.6 is 11.6 Å². The summed E-state index contributed by atoms with van der Waals surface area (Å²) >= 11 is 6.11. The predicted molar refractivity (Wildman–Crippen MR) is 73.0 cm³/mol. The first-order chi connectivity index (χ1) is 8.83. The Morgan fingerprint density at radius 3 is 3.11 bits per heavy atom. The van der Waals surface area contributed by atoms with Crippen LogP contribution in [0.15, 0.2) is 18.2 Å². The molecule has 1 aliphatic rings. The smallest absolute Gasteiger partial charge is 0.107 e. The molecule has 0 radical (unpaired) electrons. The Kier molecular flexibility index (Phi) is 3.52. The van der Waals surface area contributed by atoms with Crippen LogP contribution in [0.1, 0.15) is 31.5 Å². The third-order valence-electron chi connectivity index (χ3n) is 3.49. The van der Waals surface area contributed by atoms with Crippen molar-refractivity contribution in [1.82, 2.24) is 9.97 Å². The zero-order valence-corrected chi connectivity index (χ0v) is 11.0. The number of fused-ring (bicyclic) bond motifs is 1. The zero-order valence-electron chi connectivity index (χ0n) is 10.3. The molecule has 1 saturated heterocycles. The molecule has 0 saturated carbocycles. The topological polar surface area (TPSA) is 37.9 Å². The van der Waals surface area contributed by atoms with Crippen LogP contribution in [-0.2, 0) is 11.2 Å². The molecular formula is C14H17ClN2O. The van der Waals surface area contributed by atoms with E-state index in [-0.39, 0.29) is 0 Å². The largest absolute Gasteiger partial charge is 0.378 e. The summed E-state index contributed by atoms with van der Waals surface area (Å²) in [7, 11) is 0. The zero-order chi connectivity index (χ0) is 12.4.